The van der Waals surface area contributed by atoms with Crippen LogP contribution in [-0.2, 0) is 14.6 Å². The largest absolute Gasteiger partial charge is 0.376 e. The van der Waals surface area contributed by atoms with Gasteiger partial charge in [-0.1, -0.05) is 31.4 Å². The fraction of sp³-hybridized carbons (Fsp3) is 0.682. The maximum absolute atomic E-state index is 13.3. The third kappa shape index (κ3) is 4.60. The van der Waals surface area contributed by atoms with Crippen molar-refractivity contribution < 1.29 is 17.9 Å². The van der Waals surface area contributed by atoms with Gasteiger partial charge < -0.3 is 9.64 Å². The predicted octanol–water partition coefficient (Wildman–Crippen LogP) is 3.54. The van der Waals surface area contributed by atoms with Gasteiger partial charge in [-0.25, -0.2) is 8.42 Å². The van der Waals surface area contributed by atoms with Crippen molar-refractivity contribution in [3.63, 3.8) is 0 Å². The van der Waals surface area contributed by atoms with E-state index in [-0.39, 0.29) is 29.6 Å². The zero-order valence-corrected chi connectivity index (χ0v) is 17.3. The molecule has 6 heteroatoms. The number of rotatable bonds is 5. The molecule has 4 rings (SSSR count). The van der Waals surface area contributed by atoms with Gasteiger partial charge in [0.25, 0.3) is 5.91 Å². The van der Waals surface area contributed by atoms with E-state index in [0.717, 1.165) is 19.4 Å². The number of hydrogen-bond acceptors (Lipinski definition) is 4. The lowest BCUT2D eigenvalue weighted by Crippen LogP contribution is -2.45. The zero-order chi connectivity index (χ0) is 19.6. The summed E-state index contributed by atoms with van der Waals surface area (Å²) in [5.41, 5.74) is 1.98. The predicted molar refractivity (Wildman–Crippen MR) is 109 cm³/mol. The van der Waals surface area contributed by atoms with E-state index in [1.54, 1.807) is 4.90 Å². The van der Waals surface area contributed by atoms with Gasteiger partial charge in [0.15, 0.2) is 9.84 Å². The molecule has 0 bridgehead atoms. The molecule has 3 fully saturated rings. The molecule has 2 heterocycles. The van der Waals surface area contributed by atoms with Crippen LogP contribution in [0.5, 0.6) is 0 Å². The number of nitrogens with zero attached hydrogens (tertiary/aromatic N) is 1. The average molecular weight is 406 g/mol. The van der Waals surface area contributed by atoms with Crippen LogP contribution in [0.25, 0.3) is 0 Å². The van der Waals surface area contributed by atoms with Crippen LogP contribution in [0.2, 0.25) is 0 Å². The van der Waals surface area contributed by atoms with Gasteiger partial charge in [-0.2, -0.15) is 0 Å². The highest BCUT2D eigenvalue weighted by molar-refractivity contribution is 7.91. The number of hydrogen-bond donors (Lipinski definition) is 0. The molecule has 2 atom stereocenters. The summed E-state index contributed by atoms with van der Waals surface area (Å²) in [5, 5.41) is 0. The number of sulfone groups is 1. The Bertz CT molecular complexity index is 777. The Morgan fingerprint density at radius 1 is 1.00 bits per heavy atom. The fourth-order valence-corrected chi connectivity index (χ4v) is 6.66. The standard InChI is InChI=1S/C22H31NO4S/c24-22(19-10-8-18(9-11-19)17-5-2-1-3-6-17)23(15-21-7-4-13-27-21)20-12-14-28(25,26)16-20/h8-11,17,20-21H,1-7,12-16H2/t20-,21-/m1/s1. The maximum Gasteiger partial charge on any atom is 0.254 e. The van der Waals surface area contributed by atoms with Gasteiger partial charge in [-0.15, -0.1) is 0 Å². The molecule has 154 valence electrons. The highest BCUT2D eigenvalue weighted by Crippen LogP contribution is 2.33. The van der Waals surface area contributed by atoms with Gasteiger partial charge in [-0.05, 0) is 55.7 Å². The Morgan fingerprint density at radius 2 is 1.75 bits per heavy atom. The van der Waals surface area contributed by atoms with E-state index in [4.69, 9.17) is 4.74 Å². The van der Waals surface area contributed by atoms with E-state index in [2.05, 4.69) is 12.1 Å². The molecule has 1 aromatic rings. The molecule has 5 nitrogen and oxygen atoms in total. The van der Waals surface area contributed by atoms with Crippen LogP contribution in [0.15, 0.2) is 24.3 Å². The van der Waals surface area contributed by atoms with Gasteiger partial charge in [0, 0.05) is 24.8 Å². The summed E-state index contributed by atoms with van der Waals surface area (Å²) >= 11 is 0. The van der Waals surface area contributed by atoms with Gasteiger partial charge in [0.1, 0.15) is 0 Å². The summed E-state index contributed by atoms with van der Waals surface area (Å²) in [6, 6.07) is 7.81. The molecule has 28 heavy (non-hydrogen) atoms. The molecular formula is C22H31NO4S. The van der Waals surface area contributed by atoms with E-state index >= 15 is 0 Å². The minimum Gasteiger partial charge on any atom is -0.376 e. The third-order valence-corrected chi connectivity index (χ3v) is 8.32. The number of benzene rings is 1. The average Bonchev–Trinajstić information content (AvgIpc) is 3.35. The van der Waals surface area contributed by atoms with Crippen molar-refractivity contribution in [1.82, 2.24) is 4.90 Å². The molecule has 0 radical (unpaired) electrons. The van der Waals surface area contributed by atoms with Crippen molar-refractivity contribution >= 4 is 15.7 Å². The minimum absolute atomic E-state index is 0.0220. The van der Waals surface area contributed by atoms with Gasteiger partial charge in [-0.3, -0.25) is 4.79 Å². The molecule has 2 saturated heterocycles. The second kappa shape index (κ2) is 8.54. The quantitative estimate of drug-likeness (QED) is 0.752. The maximum atomic E-state index is 13.3. The van der Waals surface area contributed by atoms with E-state index in [0.29, 0.717) is 24.4 Å². The number of carbonyl (C=O) groups is 1. The first-order valence-electron chi connectivity index (χ1n) is 10.7. The Balaban J connectivity index is 1.50. The zero-order valence-electron chi connectivity index (χ0n) is 16.5. The van der Waals surface area contributed by atoms with Crippen molar-refractivity contribution in [3.8, 4) is 0 Å². The first-order valence-corrected chi connectivity index (χ1v) is 12.6. The van der Waals surface area contributed by atoms with Crippen LogP contribution >= 0.6 is 0 Å². The number of carbonyl (C=O) groups excluding carboxylic acids is 1. The second-order valence-corrected chi connectivity index (χ2v) is 10.8. The Hall–Kier alpha value is -1.40. The van der Waals surface area contributed by atoms with Crippen LogP contribution in [0.4, 0.5) is 0 Å². The molecular weight excluding hydrogens is 374 g/mol. The van der Waals surface area contributed by atoms with Crippen molar-refractivity contribution in [2.24, 2.45) is 0 Å². The highest BCUT2D eigenvalue weighted by atomic mass is 32.2. The van der Waals surface area contributed by atoms with Crippen molar-refractivity contribution in [1.29, 1.82) is 0 Å². The van der Waals surface area contributed by atoms with Crippen molar-refractivity contribution in [2.45, 2.75) is 69.4 Å². The SMILES string of the molecule is O=C(c1ccc(C2CCCCC2)cc1)N(C[C@H]1CCCO1)[C@@H]1CCS(=O)(=O)C1. The van der Waals surface area contributed by atoms with Crippen LogP contribution < -0.4 is 0 Å². The molecule has 1 saturated carbocycles. The van der Waals surface area contributed by atoms with E-state index < -0.39 is 9.84 Å². The first kappa shape index (κ1) is 19.9. The topological polar surface area (TPSA) is 63.7 Å². The lowest BCUT2D eigenvalue weighted by atomic mass is 9.84. The van der Waals surface area contributed by atoms with Gasteiger partial charge in [0.2, 0.25) is 0 Å². The highest BCUT2D eigenvalue weighted by Gasteiger charge is 2.36. The number of ether oxygens (including phenoxy) is 1. The fourth-order valence-electron chi connectivity index (χ4n) is 4.93. The van der Waals surface area contributed by atoms with Crippen molar-refractivity contribution in [2.75, 3.05) is 24.7 Å². The van der Waals surface area contributed by atoms with E-state index in [9.17, 15) is 13.2 Å². The molecule has 3 aliphatic rings. The van der Waals surface area contributed by atoms with Gasteiger partial charge >= 0.3 is 0 Å². The summed E-state index contributed by atoms with van der Waals surface area (Å²) in [4.78, 5) is 15.1. The molecule has 0 spiro atoms. The molecule has 0 unspecified atom stereocenters. The monoisotopic (exact) mass is 405 g/mol. The summed E-state index contributed by atoms with van der Waals surface area (Å²) in [6.45, 7) is 1.22. The molecule has 0 N–H and O–H groups in total. The number of amides is 1. The lowest BCUT2D eigenvalue weighted by molar-refractivity contribution is 0.0441. The summed E-state index contributed by atoms with van der Waals surface area (Å²) in [5.74, 6) is 0.799. The summed E-state index contributed by atoms with van der Waals surface area (Å²) in [7, 11) is -3.05. The second-order valence-electron chi connectivity index (χ2n) is 8.61. The minimum atomic E-state index is -3.05. The van der Waals surface area contributed by atoms with E-state index in [1.165, 1.54) is 37.7 Å². The molecule has 1 aromatic carbocycles. The molecule has 0 aromatic heterocycles. The first-order chi connectivity index (χ1) is 13.5. The Morgan fingerprint density at radius 3 is 2.36 bits per heavy atom. The van der Waals surface area contributed by atoms with Crippen molar-refractivity contribution in [3.05, 3.63) is 35.4 Å². The molecule has 2 aliphatic heterocycles. The van der Waals surface area contributed by atoms with Crippen LogP contribution in [0.1, 0.15) is 73.2 Å². The Kier molecular flexibility index (Phi) is 6.07. The molecule has 1 amide bonds. The van der Waals surface area contributed by atoms with Crippen LogP contribution in [0.3, 0.4) is 0 Å². The summed E-state index contributed by atoms with van der Waals surface area (Å²) in [6.07, 6.45) is 8.87. The third-order valence-electron chi connectivity index (χ3n) is 6.57. The molecule has 1 aliphatic carbocycles. The van der Waals surface area contributed by atoms with Crippen LogP contribution in [-0.4, -0.2) is 56.0 Å². The normalized spacial score (nSPS) is 27.7. The summed E-state index contributed by atoms with van der Waals surface area (Å²) < 4.78 is 29.7. The lowest BCUT2D eigenvalue weighted by Gasteiger charge is -2.30. The Labute approximate surface area is 168 Å². The smallest absolute Gasteiger partial charge is 0.254 e. The van der Waals surface area contributed by atoms with E-state index in [1.807, 2.05) is 12.1 Å². The van der Waals surface area contributed by atoms with Gasteiger partial charge in [0.05, 0.1) is 17.6 Å². The van der Waals surface area contributed by atoms with Crippen LogP contribution in [0, 0.1) is 0 Å².